The first kappa shape index (κ1) is 22.1. The normalized spacial score (nSPS) is 11.5. The average molecular weight is 488 g/mol. The standard InChI is InChI=1S/C22H18ClN3O4S2/c1-13-4-3-5-16(10-13)25-32(29,30)20-11-14(6-8-17(20)23)21(27)24-15-7-9-18-19(12-15)31-22(28)26(18)2/h3-12,25H,1-2H3,(H,24,27). The van der Waals surface area contributed by atoms with Crippen molar-refractivity contribution in [2.24, 2.45) is 7.05 Å². The highest BCUT2D eigenvalue weighted by Gasteiger charge is 2.21. The molecule has 0 aliphatic carbocycles. The van der Waals surface area contributed by atoms with Gasteiger partial charge in [0.1, 0.15) is 4.90 Å². The van der Waals surface area contributed by atoms with Crippen LogP contribution in [0.1, 0.15) is 15.9 Å². The van der Waals surface area contributed by atoms with Crippen LogP contribution < -0.4 is 14.9 Å². The van der Waals surface area contributed by atoms with E-state index in [1.165, 1.54) is 22.8 Å². The molecule has 2 N–H and O–H groups in total. The highest BCUT2D eigenvalue weighted by atomic mass is 35.5. The molecule has 3 aromatic carbocycles. The lowest BCUT2D eigenvalue weighted by atomic mass is 10.2. The van der Waals surface area contributed by atoms with Crippen LogP contribution in [0.15, 0.2) is 70.4 Å². The third-order valence-electron chi connectivity index (χ3n) is 4.80. The van der Waals surface area contributed by atoms with Crippen molar-refractivity contribution in [3.8, 4) is 0 Å². The Kier molecular flexibility index (Phi) is 5.81. The minimum atomic E-state index is -4.02. The Labute approximate surface area is 193 Å². The molecule has 0 aliphatic rings. The second kappa shape index (κ2) is 8.42. The monoisotopic (exact) mass is 487 g/mol. The van der Waals surface area contributed by atoms with Crippen LogP contribution in [0.3, 0.4) is 0 Å². The van der Waals surface area contributed by atoms with Crippen LogP contribution in [-0.2, 0) is 17.1 Å². The lowest BCUT2D eigenvalue weighted by molar-refractivity contribution is 0.102. The molecule has 0 saturated heterocycles. The minimum absolute atomic E-state index is 0.00261. The molecule has 0 radical (unpaired) electrons. The Morgan fingerprint density at radius 2 is 1.81 bits per heavy atom. The number of fused-ring (bicyclic) bond motifs is 1. The Bertz CT molecular complexity index is 1520. The number of anilines is 2. The molecule has 1 heterocycles. The molecule has 164 valence electrons. The third-order valence-corrected chi connectivity index (χ3v) is 7.66. The zero-order valence-corrected chi connectivity index (χ0v) is 19.4. The van der Waals surface area contributed by atoms with Crippen molar-refractivity contribution < 1.29 is 13.2 Å². The SMILES string of the molecule is Cc1cccc(NS(=O)(=O)c2cc(C(=O)Nc3ccc4c(c3)sc(=O)n4C)ccc2Cl)c1. The zero-order chi connectivity index (χ0) is 23.0. The highest BCUT2D eigenvalue weighted by Crippen LogP contribution is 2.26. The van der Waals surface area contributed by atoms with Gasteiger partial charge in [-0.3, -0.25) is 14.3 Å². The maximum Gasteiger partial charge on any atom is 0.307 e. The number of amides is 1. The summed E-state index contributed by atoms with van der Waals surface area (Å²) in [5, 5.41) is 2.73. The Morgan fingerprint density at radius 3 is 2.56 bits per heavy atom. The molecule has 1 aromatic heterocycles. The summed E-state index contributed by atoms with van der Waals surface area (Å²) in [5.41, 5.74) is 2.66. The summed E-state index contributed by atoms with van der Waals surface area (Å²) in [5.74, 6) is -0.503. The molecule has 0 fully saturated rings. The van der Waals surface area contributed by atoms with Crippen molar-refractivity contribution in [1.82, 2.24) is 4.57 Å². The first-order valence-electron chi connectivity index (χ1n) is 9.44. The summed E-state index contributed by atoms with van der Waals surface area (Å²) in [4.78, 5) is 24.3. The van der Waals surface area contributed by atoms with Gasteiger partial charge in [0, 0.05) is 24.0 Å². The lowest BCUT2D eigenvalue weighted by Crippen LogP contribution is -2.16. The van der Waals surface area contributed by atoms with E-state index in [4.69, 9.17) is 11.6 Å². The van der Waals surface area contributed by atoms with E-state index < -0.39 is 15.9 Å². The molecular weight excluding hydrogens is 470 g/mol. The van der Waals surface area contributed by atoms with Crippen LogP contribution in [0.4, 0.5) is 11.4 Å². The van der Waals surface area contributed by atoms with E-state index in [-0.39, 0.29) is 20.4 Å². The first-order valence-corrected chi connectivity index (χ1v) is 12.1. The number of carbonyl (C=O) groups excluding carboxylic acids is 1. The van der Waals surface area contributed by atoms with Crippen molar-refractivity contribution in [1.29, 1.82) is 0 Å². The van der Waals surface area contributed by atoms with Gasteiger partial charge in [0.05, 0.1) is 15.2 Å². The van der Waals surface area contributed by atoms with Crippen LogP contribution in [0.25, 0.3) is 10.2 Å². The van der Waals surface area contributed by atoms with E-state index in [1.807, 2.05) is 13.0 Å². The second-order valence-corrected chi connectivity index (χ2v) is 10.2. The molecule has 0 saturated carbocycles. The Hall–Kier alpha value is -3.14. The largest absolute Gasteiger partial charge is 0.322 e. The van der Waals surface area contributed by atoms with Crippen molar-refractivity contribution in [3.05, 3.63) is 86.5 Å². The van der Waals surface area contributed by atoms with Gasteiger partial charge in [0.2, 0.25) is 0 Å². The summed E-state index contributed by atoms with van der Waals surface area (Å²) in [6.07, 6.45) is 0. The minimum Gasteiger partial charge on any atom is -0.322 e. The number of hydrogen-bond donors (Lipinski definition) is 2. The molecule has 0 atom stereocenters. The first-order chi connectivity index (χ1) is 15.1. The molecule has 0 spiro atoms. The second-order valence-electron chi connectivity index (χ2n) is 7.18. The van der Waals surface area contributed by atoms with Gasteiger partial charge in [-0.15, -0.1) is 0 Å². The third kappa shape index (κ3) is 4.40. The number of aromatic nitrogens is 1. The Morgan fingerprint density at radius 1 is 1.03 bits per heavy atom. The fourth-order valence-corrected chi connectivity index (χ4v) is 5.68. The maximum absolute atomic E-state index is 12.9. The summed E-state index contributed by atoms with van der Waals surface area (Å²) < 4.78 is 30.5. The van der Waals surface area contributed by atoms with Gasteiger partial charge in [0.15, 0.2) is 0 Å². The number of nitrogens with one attached hydrogen (secondary N) is 2. The summed E-state index contributed by atoms with van der Waals surface area (Å²) in [7, 11) is -2.34. The van der Waals surface area contributed by atoms with Gasteiger partial charge in [-0.2, -0.15) is 0 Å². The van der Waals surface area contributed by atoms with Crippen LogP contribution in [0, 0.1) is 6.92 Å². The zero-order valence-electron chi connectivity index (χ0n) is 17.0. The van der Waals surface area contributed by atoms with E-state index in [2.05, 4.69) is 10.0 Å². The number of hydrogen-bond acceptors (Lipinski definition) is 5. The van der Waals surface area contributed by atoms with Gasteiger partial charge < -0.3 is 9.88 Å². The molecule has 4 aromatic rings. The number of aryl methyl sites for hydroxylation is 2. The molecule has 0 aliphatic heterocycles. The van der Waals surface area contributed by atoms with E-state index in [9.17, 15) is 18.0 Å². The molecule has 0 unspecified atom stereocenters. The Balaban J connectivity index is 1.61. The smallest absolute Gasteiger partial charge is 0.307 e. The molecule has 4 rings (SSSR count). The van der Waals surface area contributed by atoms with E-state index in [0.29, 0.717) is 11.4 Å². The van der Waals surface area contributed by atoms with E-state index in [0.717, 1.165) is 27.1 Å². The number of thiazole rings is 1. The van der Waals surface area contributed by atoms with Crippen molar-refractivity contribution >= 4 is 60.5 Å². The molecule has 7 nitrogen and oxygen atoms in total. The summed E-state index contributed by atoms with van der Waals surface area (Å²) >= 11 is 7.22. The van der Waals surface area contributed by atoms with Gasteiger partial charge in [-0.25, -0.2) is 8.42 Å². The van der Waals surface area contributed by atoms with Crippen molar-refractivity contribution in [2.45, 2.75) is 11.8 Å². The highest BCUT2D eigenvalue weighted by molar-refractivity contribution is 7.92. The quantitative estimate of drug-likeness (QED) is 0.429. The molecule has 0 bridgehead atoms. The fraction of sp³-hybridized carbons (Fsp3) is 0.0909. The van der Waals surface area contributed by atoms with Gasteiger partial charge in [-0.05, 0) is 61.0 Å². The maximum atomic E-state index is 12.9. The number of benzene rings is 3. The predicted molar refractivity (Wildman–Crippen MR) is 128 cm³/mol. The average Bonchev–Trinajstić information content (AvgIpc) is 3.01. The van der Waals surface area contributed by atoms with Crippen LogP contribution >= 0.6 is 22.9 Å². The van der Waals surface area contributed by atoms with Gasteiger partial charge in [-0.1, -0.05) is 35.1 Å². The number of halogens is 1. The molecule has 32 heavy (non-hydrogen) atoms. The topological polar surface area (TPSA) is 97.3 Å². The fourth-order valence-electron chi connectivity index (χ4n) is 3.18. The van der Waals surface area contributed by atoms with E-state index in [1.54, 1.807) is 43.4 Å². The van der Waals surface area contributed by atoms with Gasteiger partial charge >= 0.3 is 4.87 Å². The van der Waals surface area contributed by atoms with Crippen molar-refractivity contribution in [2.75, 3.05) is 10.0 Å². The van der Waals surface area contributed by atoms with Crippen LogP contribution in [0.2, 0.25) is 5.02 Å². The number of nitrogens with zero attached hydrogens (tertiary/aromatic N) is 1. The van der Waals surface area contributed by atoms with Crippen LogP contribution in [-0.4, -0.2) is 18.9 Å². The molecule has 1 amide bonds. The number of sulfonamides is 1. The lowest BCUT2D eigenvalue weighted by Gasteiger charge is -2.12. The predicted octanol–water partition coefficient (Wildman–Crippen LogP) is 4.61. The number of carbonyl (C=O) groups is 1. The number of rotatable bonds is 5. The molecular formula is C22H18ClN3O4S2. The summed E-state index contributed by atoms with van der Waals surface area (Å²) in [6, 6.07) is 16.1. The molecule has 10 heteroatoms. The van der Waals surface area contributed by atoms with Crippen molar-refractivity contribution in [3.63, 3.8) is 0 Å². The van der Waals surface area contributed by atoms with Crippen LogP contribution in [0.5, 0.6) is 0 Å². The van der Waals surface area contributed by atoms with Gasteiger partial charge in [0.25, 0.3) is 15.9 Å². The van der Waals surface area contributed by atoms with E-state index >= 15 is 0 Å². The summed E-state index contributed by atoms with van der Waals surface area (Å²) in [6.45, 7) is 1.85.